The van der Waals surface area contributed by atoms with Crippen LogP contribution in [-0.4, -0.2) is 33.0 Å². The van der Waals surface area contributed by atoms with Crippen LogP contribution in [0.5, 0.6) is 5.75 Å². The van der Waals surface area contributed by atoms with Gasteiger partial charge >= 0.3 is 6.18 Å². The zero-order valence-electron chi connectivity index (χ0n) is 21.0. The number of carbonyl (C=O) groups is 1. The maximum absolute atomic E-state index is 13.6. The quantitative estimate of drug-likeness (QED) is 0.203. The molecule has 0 atom stereocenters. The molecule has 2 aromatic carbocycles. The van der Waals surface area contributed by atoms with Crippen LogP contribution in [-0.2, 0) is 6.18 Å². The molecule has 202 valence electrons. The molecule has 5 aromatic rings. The third-order valence-corrected chi connectivity index (χ3v) is 6.18. The van der Waals surface area contributed by atoms with Crippen molar-refractivity contribution in [2.75, 3.05) is 18.2 Å². The van der Waals surface area contributed by atoms with E-state index in [0.717, 1.165) is 23.9 Å². The van der Waals surface area contributed by atoms with Crippen LogP contribution in [0.15, 0.2) is 67.1 Å². The Labute approximate surface area is 224 Å². The average Bonchev–Trinajstić information content (AvgIpc) is 2.92. The highest BCUT2D eigenvalue weighted by Crippen LogP contribution is 2.44. The summed E-state index contributed by atoms with van der Waals surface area (Å²) < 4.78 is 58.8. The number of halogens is 4. The number of hydrogen-bond acceptors (Lipinski definition) is 7. The molecule has 3 heterocycles. The number of carbonyl (C=O) groups excluding carboxylic acids is 1. The number of ether oxygens (including phenoxy) is 1. The lowest BCUT2D eigenvalue weighted by atomic mass is 9.91. The van der Waals surface area contributed by atoms with E-state index in [1.807, 2.05) is 6.92 Å². The molecule has 0 aliphatic carbocycles. The molecule has 3 N–H and O–H groups in total. The Morgan fingerprint density at radius 2 is 1.77 bits per heavy atom. The van der Waals surface area contributed by atoms with Crippen LogP contribution in [0.3, 0.4) is 0 Å². The lowest BCUT2D eigenvalue weighted by Gasteiger charge is -2.18. The highest BCUT2D eigenvalue weighted by atomic mass is 19.4. The van der Waals surface area contributed by atoms with Gasteiger partial charge in [-0.05, 0) is 60.5 Å². The van der Waals surface area contributed by atoms with E-state index in [2.05, 4.69) is 25.3 Å². The zero-order chi connectivity index (χ0) is 28.6. The van der Waals surface area contributed by atoms with Gasteiger partial charge in [0.25, 0.3) is 5.91 Å². The highest BCUT2D eigenvalue weighted by Gasteiger charge is 2.31. The van der Waals surface area contributed by atoms with Gasteiger partial charge in [0.2, 0.25) is 11.9 Å². The monoisotopic (exact) mass is 548 g/mol. The van der Waals surface area contributed by atoms with Crippen molar-refractivity contribution in [1.82, 2.24) is 19.9 Å². The Morgan fingerprint density at radius 3 is 2.48 bits per heavy atom. The standard InChI is InChI=1S/C28H20F4N6O2/c1-14-3-4-15(26(39)37-22-11-18(7-8-34-22)28(30,31)32)9-19(14)20-10-17-13-36-27(33)38-24(17)23(25(20)40-2)16-5-6-21(29)35-12-16/h3-13H,1-2H3,(H2,33,36,38)(H,34,37,39). The summed E-state index contributed by atoms with van der Waals surface area (Å²) in [5.74, 6) is -1.18. The number of aryl methyl sites for hydroxylation is 1. The van der Waals surface area contributed by atoms with E-state index in [9.17, 15) is 22.4 Å². The molecular weight excluding hydrogens is 528 g/mol. The van der Waals surface area contributed by atoms with Crippen molar-refractivity contribution in [2.24, 2.45) is 0 Å². The van der Waals surface area contributed by atoms with Crippen LogP contribution in [0.4, 0.5) is 29.3 Å². The summed E-state index contributed by atoms with van der Waals surface area (Å²) in [5, 5.41) is 3.01. The molecule has 0 spiro atoms. The molecule has 1 amide bonds. The number of aromatic nitrogens is 4. The minimum Gasteiger partial charge on any atom is -0.495 e. The van der Waals surface area contributed by atoms with Crippen molar-refractivity contribution >= 4 is 28.6 Å². The minimum absolute atomic E-state index is 0.0247. The first-order valence-electron chi connectivity index (χ1n) is 11.8. The smallest absolute Gasteiger partial charge is 0.416 e. The Balaban J connectivity index is 1.64. The molecule has 0 aliphatic rings. The third kappa shape index (κ3) is 5.10. The van der Waals surface area contributed by atoms with Crippen LogP contribution in [0.2, 0.25) is 0 Å². The van der Waals surface area contributed by atoms with Crippen molar-refractivity contribution in [1.29, 1.82) is 0 Å². The molecule has 3 aromatic heterocycles. The van der Waals surface area contributed by atoms with Crippen molar-refractivity contribution < 1.29 is 27.1 Å². The maximum Gasteiger partial charge on any atom is 0.416 e. The molecule has 40 heavy (non-hydrogen) atoms. The van der Waals surface area contributed by atoms with Crippen LogP contribution in [0.1, 0.15) is 21.5 Å². The number of nitrogens with two attached hydrogens (primary N) is 1. The van der Waals surface area contributed by atoms with Gasteiger partial charge in [0.15, 0.2) is 0 Å². The Morgan fingerprint density at radius 1 is 0.975 bits per heavy atom. The van der Waals surface area contributed by atoms with Gasteiger partial charge in [-0.2, -0.15) is 17.6 Å². The summed E-state index contributed by atoms with van der Waals surface area (Å²) in [6, 6.07) is 10.9. The molecule has 0 saturated carbocycles. The van der Waals surface area contributed by atoms with Crippen molar-refractivity contribution in [3.05, 3.63) is 89.8 Å². The maximum atomic E-state index is 13.6. The van der Waals surface area contributed by atoms with Crippen molar-refractivity contribution in [2.45, 2.75) is 13.1 Å². The Kier molecular flexibility index (Phi) is 6.76. The molecular formula is C28H20F4N6O2. The Bertz CT molecular complexity index is 1760. The zero-order valence-corrected chi connectivity index (χ0v) is 21.0. The van der Waals surface area contributed by atoms with E-state index in [0.29, 0.717) is 38.9 Å². The van der Waals surface area contributed by atoms with E-state index in [1.54, 1.807) is 24.3 Å². The Hall–Kier alpha value is -5.13. The van der Waals surface area contributed by atoms with E-state index in [1.165, 1.54) is 31.6 Å². The number of alkyl halides is 3. The predicted molar refractivity (Wildman–Crippen MR) is 141 cm³/mol. The highest BCUT2D eigenvalue weighted by molar-refractivity contribution is 6.06. The second-order valence-electron chi connectivity index (χ2n) is 8.78. The normalized spacial score (nSPS) is 11.4. The summed E-state index contributed by atoms with van der Waals surface area (Å²) in [6.07, 6.45) is -0.739. The largest absolute Gasteiger partial charge is 0.495 e. The molecule has 0 fully saturated rings. The molecule has 8 nitrogen and oxygen atoms in total. The van der Waals surface area contributed by atoms with E-state index in [-0.39, 0.29) is 17.3 Å². The topological polar surface area (TPSA) is 116 Å². The van der Waals surface area contributed by atoms with Crippen molar-refractivity contribution in [3.8, 4) is 28.0 Å². The first-order valence-corrected chi connectivity index (χ1v) is 11.8. The fourth-order valence-corrected chi connectivity index (χ4v) is 4.29. The molecule has 5 rings (SSSR count). The number of amides is 1. The number of nitrogen functional groups attached to an aromatic ring is 1. The summed E-state index contributed by atoms with van der Waals surface area (Å²) in [7, 11) is 1.46. The second kappa shape index (κ2) is 10.2. The van der Waals surface area contributed by atoms with Crippen molar-refractivity contribution in [3.63, 3.8) is 0 Å². The van der Waals surface area contributed by atoms with Gasteiger partial charge in [0.05, 0.1) is 23.8 Å². The first-order chi connectivity index (χ1) is 19.0. The number of anilines is 2. The molecule has 0 aliphatic heterocycles. The number of fused-ring (bicyclic) bond motifs is 1. The van der Waals surface area contributed by atoms with Crippen LogP contribution < -0.4 is 15.8 Å². The summed E-state index contributed by atoms with van der Waals surface area (Å²) in [5.41, 5.74) is 8.45. The fraction of sp³-hybridized carbons (Fsp3) is 0.107. The molecule has 0 unspecified atom stereocenters. The molecule has 12 heteroatoms. The fourth-order valence-electron chi connectivity index (χ4n) is 4.29. The molecule has 0 bridgehead atoms. The predicted octanol–water partition coefficient (Wildman–Crippen LogP) is 6.06. The van der Waals surface area contributed by atoms with Crippen LogP contribution >= 0.6 is 0 Å². The summed E-state index contributed by atoms with van der Waals surface area (Å²) in [4.78, 5) is 29.1. The number of nitrogens with zero attached hydrogens (tertiary/aromatic N) is 4. The first kappa shape index (κ1) is 26.5. The molecule has 0 radical (unpaired) electrons. The van der Waals surface area contributed by atoms with Gasteiger partial charge in [-0.25, -0.2) is 19.9 Å². The van der Waals surface area contributed by atoms with Gasteiger partial charge in [-0.15, -0.1) is 0 Å². The number of methoxy groups -OCH3 is 1. The number of nitrogens with one attached hydrogen (secondary N) is 1. The van der Waals surface area contributed by atoms with E-state index >= 15 is 0 Å². The van der Waals surface area contributed by atoms with Crippen LogP contribution in [0.25, 0.3) is 33.2 Å². The third-order valence-electron chi connectivity index (χ3n) is 6.18. The SMILES string of the molecule is COc1c(-c2cc(C(=O)Nc3cc(C(F)(F)F)ccn3)ccc2C)cc2cnc(N)nc2c1-c1ccc(F)nc1. The summed E-state index contributed by atoms with van der Waals surface area (Å²) in [6.45, 7) is 1.83. The van der Waals surface area contributed by atoms with Gasteiger partial charge in [0, 0.05) is 40.7 Å². The van der Waals surface area contributed by atoms with Gasteiger partial charge < -0.3 is 15.8 Å². The number of benzene rings is 2. The van der Waals surface area contributed by atoms with Gasteiger partial charge in [-0.3, -0.25) is 4.79 Å². The van der Waals surface area contributed by atoms with E-state index < -0.39 is 23.6 Å². The average molecular weight is 549 g/mol. The lowest BCUT2D eigenvalue weighted by molar-refractivity contribution is -0.137. The van der Waals surface area contributed by atoms with Crippen LogP contribution in [0, 0.1) is 12.9 Å². The number of hydrogen-bond donors (Lipinski definition) is 2. The second-order valence-corrected chi connectivity index (χ2v) is 8.78. The number of pyridine rings is 2. The van der Waals surface area contributed by atoms with Gasteiger partial charge in [0.1, 0.15) is 11.6 Å². The summed E-state index contributed by atoms with van der Waals surface area (Å²) >= 11 is 0. The van der Waals surface area contributed by atoms with Gasteiger partial charge in [-0.1, -0.05) is 6.07 Å². The van der Waals surface area contributed by atoms with E-state index in [4.69, 9.17) is 10.5 Å². The minimum atomic E-state index is -4.59. The molecule has 0 saturated heterocycles. The number of rotatable bonds is 5. The lowest BCUT2D eigenvalue weighted by Crippen LogP contribution is -2.14.